The number of hydrogen-bond donors (Lipinski definition) is 0. The van der Waals surface area contributed by atoms with Crippen LogP contribution in [-0.2, 0) is 12.8 Å². The SMILES string of the molecule is CCc1cccc(CC)c1N1c2cc3c(cc2B2c4ccccc4N(c4ccccc4)c4cc(N(c5ccccc5)c5ccccc5)cc1c42)B1c2ccccc2N(c2ccccc2)c2cc(N(c4ccccc4)c4ccccc4)cc(c21)O3. The topological polar surface area (TPSA) is 25.4 Å². The minimum absolute atomic E-state index is 0.147. The molecule has 4 aliphatic heterocycles. The van der Waals surface area contributed by atoms with Crippen LogP contribution in [0.4, 0.5) is 85.3 Å². The van der Waals surface area contributed by atoms with Gasteiger partial charge in [0.05, 0.1) is 17.1 Å². The third-order valence-electron chi connectivity index (χ3n) is 17.5. The maximum absolute atomic E-state index is 7.77. The first-order valence-electron chi connectivity index (χ1n) is 29.4. The molecule has 0 fully saturated rings. The number of para-hydroxylation sites is 9. The summed E-state index contributed by atoms with van der Waals surface area (Å²) in [6, 6.07) is 105. The molecule has 12 aromatic rings. The summed E-state index contributed by atoms with van der Waals surface area (Å²) in [5.41, 5.74) is 26.5. The summed E-state index contributed by atoms with van der Waals surface area (Å²) in [6.07, 6.45) is 1.71. The molecule has 6 nitrogen and oxygen atoms in total. The van der Waals surface area contributed by atoms with Gasteiger partial charge in [0.25, 0.3) is 13.4 Å². The van der Waals surface area contributed by atoms with Gasteiger partial charge in [0, 0.05) is 80.4 Å². The second-order valence-electron chi connectivity index (χ2n) is 22.1. The van der Waals surface area contributed by atoms with E-state index in [1.54, 1.807) is 0 Å². The predicted octanol–water partition coefficient (Wildman–Crippen LogP) is 16.2. The molecule has 84 heavy (non-hydrogen) atoms. The summed E-state index contributed by atoms with van der Waals surface area (Å²) < 4.78 is 7.77. The zero-order valence-corrected chi connectivity index (χ0v) is 46.8. The Labute approximate surface area is 492 Å². The molecular formula is C76H57B2N5O. The largest absolute Gasteiger partial charge is 0.458 e. The zero-order valence-electron chi connectivity index (χ0n) is 46.8. The molecule has 0 bridgehead atoms. The summed E-state index contributed by atoms with van der Waals surface area (Å²) in [5, 5.41) is 0. The van der Waals surface area contributed by atoms with Crippen molar-refractivity contribution in [2.45, 2.75) is 26.7 Å². The number of benzene rings is 12. The Morgan fingerprint density at radius 3 is 1.15 bits per heavy atom. The van der Waals surface area contributed by atoms with Crippen molar-refractivity contribution in [1.82, 2.24) is 0 Å². The lowest BCUT2D eigenvalue weighted by atomic mass is 9.30. The summed E-state index contributed by atoms with van der Waals surface area (Å²) in [6.45, 7) is 4.29. The molecule has 0 unspecified atom stereocenters. The number of rotatable bonds is 11. The van der Waals surface area contributed by atoms with Crippen LogP contribution in [0.3, 0.4) is 0 Å². The molecule has 16 rings (SSSR count). The molecule has 0 spiro atoms. The Morgan fingerprint density at radius 2 is 0.690 bits per heavy atom. The lowest BCUT2D eigenvalue weighted by Crippen LogP contribution is -2.64. The second-order valence-corrected chi connectivity index (χ2v) is 22.1. The van der Waals surface area contributed by atoms with Gasteiger partial charge in [0.2, 0.25) is 0 Å². The van der Waals surface area contributed by atoms with Crippen molar-refractivity contribution in [1.29, 1.82) is 0 Å². The van der Waals surface area contributed by atoms with Gasteiger partial charge in [-0.2, -0.15) is 0 Å². The molecule has 398 valence electrons. The fraction of sp³-hybridized carbons (Fsp3) is 0.0526. The molecular weight excluding hydrogens is 1020 g/mol. The van der Waals surface area contributed by atoms with Gasteiger partial charge in [-0.05, 0) is 160 Å². The molecule has 0 N–H and O–H groups in total. The Kier molecular flexibility index (Phi) is 11.9. The first kappa shape index (κ1) is 49.4. The van der Waals surface area contributed by atoms with Crippen LogP contribution in [0.2, 0.25) is 0 Å². The third-order valence-corrected chi connectivity index (χ3v) is 17.5. The van der Waals surface area contributed by atoms with Crippen LogP contribution < -0.4 is 62.0 Å². The molecule has 0 saturated heterocycles. The molecule has 0 aromatic heterocycles. The van der Waals surface area contributed by atoms with E-state index in [0.717, 1.165) is 115 Å². The number of aryl methyl sites for hydroxylation is 2. The lowest BCUT2D eigenvalue weighted by Gasteiger charge is -2.46. The molecule has 0 amide bonds. The van der Waals surface area contributed by atoms with Crippen LogP contribution >= 0.6 is 0 Å². The quantitative estimate of drug-likeness (QED) is 0.120. The van der Waals surface area contributed by atoms with Gasteiger partial charge in [0.15, 0.2) is 0 Å². The zero-order chi connectivity index (χ0) is 55.8. The van der Waals surface area contributed by atoms with Gasteiger partial charge in [-0.1, -0.05) is 184 Å². The van der Waals surface area contributed by atoms with Crippen LogP contribution in [0, 0.1) is 0 Å². The maximum Gasteiger partial charge on any atom is 0.256 e. The number of anilines is 15. The first-order chi connectivity index (χ1) is 41.6. The predicted molar refractivity (Wildman–Crippen MR) is 354 cm³/mol. The Balaban J connectivity index is 1.01. The highest BCUT2D eigenvalue weighted by molar-refractivity contribution is 7.02. The molecule has 4 aliphatic rings. The van der Waals surface area contributed by atoms with Crippen molar-refractivity contribution in [2.75, 3.05) is 24.5 Å². The molecule has 0 aliphatic carbocycles. The second kappa shape index (κ2) is 20.2. The monoisotopic (exact) mass is 1080 g/mol. The van der Waals surface area contributed by atoms with Crippen molar-refractivity contribution in [2.24, 2.45) is 0 Å². The van der Waals surface area contributed by atoms with Crippen molar-refractivity contribution < 1.29 is 4.74 Å². The van der Waals surface area contributed by atoms with Crippen molar-refractivity contribution in [3.05, 3.63) is 296 Å². The Morgan fingerprint density at radius 1 is 0.298 bits per heavy atom. The average Bonchev–Trinajstić information content (AvgIpc) is 0.732. The van der Waals surface area contributed by atoms with E-state index < -0.39 is 0 Å². The molecule has 12 aromatic carbocycles. The van der Waals surface area contributed by atoms with Crippen LogP contribution in [0.1, 0.15) is 25.0 Å². The Hall–Kier alpha value is -10.4. The lowest BCUT2D eigenvalue weighted by molar-refractivity contribution is 0.488. The Bertz CT molecular complexity index is 4370. The van der Waals surface area contributed by atoms with Crippen molar-refractivity contribution in [3.63, 3.8) is 0 Å². The van der Waals surface area contributed by atoms with Gasteiger partial charge in [-0.25, -0.2) is 0 Å². The highest BCUT2D eigenvalue weighted by Crippen LogP contribution is 2.52. The number of hydrogen-bond acceptors (Lipinski definition) is 6. The van der Waals surface area contributed by atoms with Crippen molar-refractivity contribution in [3.8, 4) is 11.5 Å². The van der Waals surface area contributed by atoms with E-state index in [1.807, 2.05) is 0 Å². The maximum atomic E-state index is 7.77. The van der Waals surface area contributed by atoms with Crippen LogP contribution in [0.25, 0.3) is 0 Å². The van der Waals surface area contributed by atoms with E-state index in [2.05, 4.69) is 323 Å². The third kappa shape index (κ3) is 7.81. The summed E-state index contributed by atoms with van der Waals surface area (Å²) >= 11 is 0. The van der Waals surface area contributed by atoms with Gasteiger partial charge >= 0.3 is 0 Å². The van der Waals surface area contributed by atoms with E-state index in [1.165, 1.54) is 38.7 Å². The standard InChI is InChI=1S/C76H57B2N5O/c1-3-52-28-27-29-53(4-2)76(52)83-68-51-72-65(78-63-43-24-26-45-67(63)82(59-40-21-10-22-41-59)71-48-61(49-73(84-72)75(71)78)80(56-34-15-7-16-35-56)57-36-17-8-18-37-57)50-64(68)77-62-42-23-25-44-66(62)81(58-38-19-9-20-39-58)69-46-60(47-70(83)74(69)77)79(54-30-11-5-12-31-54)55-32-13-6-14-33-55/h5-51H,3-4H2,1-2H3. The van der Waals surface area contributed by atoms with E-state index in [9.17, 15) is 0 Å². The summed E-state index contributed by atoms with van der Waals surface area (Å²) in [5.74, 6) is 1.69. The molecule has 0 atom stereocenters. The molecule has 0 radical (unpaired) electrons. The smallest absolute Gasteiger partial charge is 0.256 e. The number of ether oxygens (including phenoxy) is 1. The molecule has 4 heterocycles. The fourth-order valence-electron chi connectivity index (χ4n) is 14.0. The molecule has 8 heteroatoms. The van der Waals surface area contributed by atoms with Crippen LogP contribution in [0.15, 0.2) is 285 Å². The summed E-state index contributed by atoms with van der Waals surface area (Å²) in [7, 11) is 0. The van der Waals surface area contributed by atoms with E-state index in [4.69, 9.17) is 4.74 Å². The van der Waals surface area contributed by atoms with E-state index >= 15 is 0 Å². The number of nitrogens with zero attached hydrogens (tertiary/aromatic N) is 5. The average molecular weight is 1080 g/mol. The summed E-state index contributed by atoms with van der Waals surface area (Å²) in [4.78, 5) is 12.4. The van der Waals surface area contributed by atoms with E-state index in [0.29, 0.717) is 0 Å². The van der Waals surface area contributed by atoms with Crippen LogP contribution in [0.5, 0.6) is 11.5 Å². The van der Waals surface area contributed by atoms with E-state index in [-0.39, 0.29) is 13.4 Å². The van der Waals surface area contributed by atoms with Gasteiger partial charge in [-0.15, -0.1) is 0 Å². The fourth-order valence-corrected chi connectivity index (χ4v) is 14.0. The van der Waals surface area contributed by atoms with Crippen molar-refractivity contribution >= 4 is 132 Å². The highest BCUT2D eigenvalue weighted by Gasteiger charge is 2.48. The normalized spacial score (nSPS) is 13.0. The highest BCUT2D eigenvalue weighted by atomic mass is 16.5. The van der Waals surface area contributed by atoms with Crippen LogP contribution in [-0.4, -0.2) is 13.4 Å². The minimum Gasteiger partial charge on any atom is -0.458 e. The minimum atomic E-state index is -0.160. The van der Waals surface area contributed by atoms with Gasteiger partial charge in [0.1, 0.15) is 11.5 Å². The molecule has 0 saturated carbocycles. The first-order valence-corrected chi connectivity index (χ1v) is 29.4. The van der Waals surface area contributed by atoms with Gasteiger partial charge in [-0.3, -0.25) is 0 Å². The van der Waals surface area contributed by atoms with Gasteiger partial charge < -0.3 is 29.2 Å². The number of fused-ring (bicyclic) bond motifs is 8.